The van der Waals surface area contributed by atoms with Crippen LogP contribution in [0, 0.1) is 5.92 Å². The van der Waals surface area contributed by atoms with Crippen LogP contribution in [0.15, 0.2) is 59.7 Å². The van der Waals surface area contributed by atoms with Crippen LogP contribution in [0.25, 0.3) is 12.2 Å². The Balaban J connectivity index is 2.02. The van der Waals surface area contributed by atoms with Gasteiger partial charge in [0.1, 0.15) is 6.29 Å². The second-order valence-corrected chi connectivity index (χ2v) is 7.08. The number of hydrogen-bond donors (Lipinski definition) is 0. The van der Waals surface area contributed by atoms with Crippen molar-refractivity contribution < 1.29 is 4.79 Å². The fraction of sp³-hybridized carbons (Fsp3) is 0.190. The average molecular weight is 372 g/mol. The van der Waals surface area contributed by atoms with Crippen molar-refractivity contribution in [2.45, 2.75) is 0 Å². The SMILES string of the molecule is CN1CC(=Cc2ccccc2Cl)C(C=O)C(=Cc2ccccc2Cl)C1. The molecule has 0 aliphatic carbocycles. The van der Waals surface area contributed by atoms with Gasteiger partial charge in [-0.15, -0.1) is 0 Å². The number of nitrogens with zero attached hydrogens (tertiary/aromatic N) is 1. The van der Waals surface area contributed by atoms with Gasteiger partial charge in [0.15, 0.2) is 0 Å². The van der Waals surface area contributed by atoms with Gasteiger partial charge >= 0.3 is 0 Å². The van der Waals surface area contributed by atoms with Crippen LogP contribution < -0.4 is 0 Å². The highest BCUT2D eigenvalue weighted by atomic mass is 35.5. The van der Waals surface area contributed by atoms with Crippen molar-refractivity contribution in [2.75, 3.05) is 20.1 Å². The summed E-state index contributed by atoms with van der Waals surface area (Å²) in [4.78, 5) is 14.1. The lowest BCUT2D eigenvalue weighted by Gasteiger charge is -2.32. The third kappa shape index (κ3) is 4.21. The number of carbonyl (C=O) groups excluding carboxylic acids is 1. The summed E-state index contributed by atoms with van der Waals surface area (Å²) in [6, 6.07) is 15.3. The molecule has 2 aromatic carbocycles. The summed E-state index contributed by atoms with van der Waals surface area (Å²) >= 11 is 12.6. The quantitative estimate of drug-likeness (QED) is 0.689. The molecular formula is C21H19Cl2NO. The summed E-state index contributed by atoms with van der Waals surface area (Å²) in [5.41, 5.74) is 3.93. The molecule has 2 nitrogen and oxygen atoms in total. The summed E-state index contributed by atoms with van der Waals surface area (Å²) in [6.07, 6.45) is 5.06. The fourth-order valence-electron chi connectivity index (χ4n) is 3.14. The number of rotatable bonds is 3. The van der Waals surface area contributed by atoms with Gasteiger partial charge in [0, 0.05) is 23.1 Å². The fourth-order valence-corrected chi connectivity index (χ4v) is 3.52. The van der Waals surface area contributed by atoms with Crippen LogP contribution in [0.1, 0.15) is 11.1 Å². The Morgan fingerprint density at radius 1 is 0.880 bits per heavy atom. The summed E-state index contributed by atoms with van der Waals surface area (Å²) in [5, 5.41) is 1.37. The molecule has 0 aromatic heterocycles. The van der Waals surface area contributed by atoms with Gasteiger partial charge in [-0.2, -0.15) is 0 Å². The highest BCUT2D eigenvalue weighted by Crippen LogP contribution is 2.31. The lowest BCUT2D eigenvalue weighted by Crippen LogP contribution is -2.35. The Hall–Kier alpha value is -1.87. The zero-order valence-corrected chi connectivity index (χ0v) is 15.5. The maximum Gasteiger partial charge on any atom is 0.131 e. The molecule has 25 heavy (non-hydrogen) atoms. The van der Waals surface area contributed by atoms with E-state index in [0.717, 1.165) is 41.6 Å². The van der Waals surface area contributed by atoms with Gasteiger partial charge in [0.2, 0.25) is 0 Å². The molecule has 2 aromatic rings. The van der Waals surface area contributed by atoms with Crippen molar-refractivity contribution in [2.24, 2.45) is 5.92 Å². The van der Waals surface area contributed by atoms with Crippen molar-refractivity contribution >= 4 is 41.6 Å². The van der Waals surface area contributed by atoms with Crippen LogP contribution in [0.5, 0.6) is 0 Å². The minimum Gasteiger partial charge on any atom is -0.302 e. The first-order valence-corrected chi connectivity index (χ1v) is 8.88. The van der Waals surface area contributed by atoms with E-state index in [0.29, 0.717) is 10.0 Å². The summed E-state index contributed by atoms with van der Waals surface area (Å²) < 4.78 is 0. The van der Waals surface area contributed by atoms with Crippen molar-refractivity contribution in [1.82, 2.24) is 4.90 Å². The third-order valence-corrected chi connectivity index (χ3v) is 5.02. The number of carbonyl (C=O) groups is 1. The zero-order valence-electron chi connectivity index (χ0n) is 14.0. The number of aldehydes is 1. The molecule has 1 saturated heterocycles. The smallest absolute Gasteiger partial charge is 0.131 e. The molecule has 0 amide bonds. The predicted octanol–water partition coefficient (Wildman–Crippen LogP) is 5.22. The molecule has 1 aliphatic rings. The number of likely N-dealkylation sites (N-methyl/N-ethyl adjacent to an activating group) is 1. The van der Waals surface area contributed by atoms with Crippen molar-refractivity contribution in [3.8, 4) is 0 Å². The van der Waals surface area contributed by atoms with Gasteiger partial charge in [0.25, 0.3) is 0 Å². The molecule has 0 saturated carbocycles. The normalized spacial score (nSPS) is 21.6. The molecule has 3 rings (SSSR count). The standard InChI is InChI=1S/C21H19Cl2NO/c1-24-12-17(10-15-6-2-4-8-20(15)22)19(14-25)18(13-24)11-16-7-3-5-9-21(16)23/h2-11,14,19H,12-13H2,1H3. The lowest BCUT2D eigenvalue weighted by molar-refractivity contribution is -0.109. The number of halogens is 2. The Morgan fingerprint density at radius 3 is 1.72 bits per heavy atom. The molecule has 1 aliphatic heterocycles. The average Bonchev–Trinajstić information content (AvgIpc) is 2.59. The summed E-state index contributed by atoms with van der Waals surface area (Å²) in [6.45, 7) is 1.46. The minimum absolute atomic E-state index is 0.260. The monoisotopic (exact) mass is 371 g/mol. The number of piperidine rings is 1. The number of hydrogen-bond acceptors (Lipinski definition) is 2. The first-order valence-electron chi connectivity index (χ1n) is 8.12. The first-order chi connectivity index (χ1) is 12.1. The van der Waals surface area contributed by atoms with E-state index in [1.807, 2.05) is 67.7 Å². The van der Waals surface area contributed by atoms with Gasteiger partial charge < -0.3 is 4.79 Å². The number of likely N-dealkylation sites (tertiary alicyclic amines) is 1. The van der Waals surface area contributed by atoms with Gasteiger partial charge in [-0.25, -0.2) is 0 Å². The van der Waals surface area contributed by atoms with Crippen LogP contribution in [0.2, 0.25) is 10.0 Å². The molecule has 0 N–H and O–H groups in total. The van der Waals surface area contributed by atoms with E-state index in [1.165, 1.54) is 0 Å². The van der Waals surface area contributed by atoms with Gasteiger partial charge in [-0.05, 0) is 41.5 Å². The van der Waals surface area contributed by atoms with E-state index < -0.39 is 0 Å². The van der Waals surface area contributed by atoms with Crippen LogP contribution >= 0.6 is 23.2 Å². The summed E-state index contributed by atoms with van der Waals surface area (Å²) in [7, 11) is 2.04. The number of benzene rings is 2. The highest BCUT2D eigenvalue weighted by Gasteiger charge is 2.26. The second-order valence-electron chi connectivity index (χ2n) is 6.27. The van der Waals surface area contributed by atoms with E-state index in [4.69, 9.17) is 23.2 Å². The van der Waals surface area contributed by atoms with Gasteiger partial charge in [0.05, 0.1) is 5.92 Å². The zero-order chi connectivity index (χ0) is 17.8. The van der Waals surface area contributed by atoms with Crippen LogP contribution in [0.3, 0.4) is 0 Å². The molecule has 0 atom stereocenters. The van der Waals surface area contributed by atoms with E-state index in [-0.39, 0.29) is 5.92 Å². The van der Waals surface area contributed by atoms with E-state index >= 15 is 0 Å². The van der Waals surface area contributed by atoms with Crippen molar-refractivity contribution in [3.63, 3.8) is 0 Å². The van der Waals surface area contributed by atoms with Crippen LogP contribution in [-0.4, -0.2) is 31.3 Å². The van der Waals surface area contributed by atoms with Crippen molar-refractivity contribution in [3.05, 3.63) is 80.8 Å². The summed E-state index contributed by atoms with van der Waals surface area (Å²) in [5.74, 6) is -0.260. The van der Waals surface area contributed by atoms with E-state index in [1.54, 1.807) is 0 Å². The molecule has 1 heterocycles. The molecule has 0 radical (unpaired) electrons. The van der Waals surface area contributed by atoms with E-state index in [9.17, 15) is 4.79 Å². The second kappa shape index (κ2) is 8.01. The lowest BCUT2D eigenvalue weighted by atomic mass is 9.85. The van der Waals surface area contributed by atoms with Gasteiger partial charge in [-0.1, -0.05) is 71.8 Å². The Labute approximate surface area is 158 Å². The van der Waals surface area contributed by atoms with Crippen LogP contribution in [-0.2, 0) is 4.79 Å². The predicted molar refractivity (Wildman–Crippen MR) is 106 cm³/mol. The first kappa shape index (κ1) is 17.9. The molecule has 128 valence electrons. The maximum absolute atomic E-state index is 11.9. The topological polar surface area (TPSA) is 20.3 Å². The van der Waals surface area contributed by atoms with Gasteiger partial charge in [-0.3, -0.25) is 4.90 Å². The molecular weight excluding hydrogens is 353 g/mol. The maximum atomic E-state index is 11.9. The molecule has 1 fully saturated rings. The third-order valence-electron chi connectivity index (χ3n) is 4.33. The Morgan fingerprint density at radius 2 is 1.32 bits per heavy atom. The Kier molecular flexibility index (Phi) is 5.74. The molecule has 0 spiro atoms. The van der Waals surface area contributed by atoms with Crippen molar-refractivity contribution in [1.29, 1.82) is 0 Å². The van der Waals surface area contributed by atoms with Crippen LogP contribution in [0.4, 0.5) is 0 Å². The van der Waals surface area contributed by atoms with E-state index in [2.05, 4.69) is 4.90 Å². The Bertz CT molecular complexity index is 776. The largest absolute Gasteiger partial charge is 0.302 e. The minimum atomic E-state index is -0.260. The molecule has 0 bridgehead atoms. The molecule has 0 unspecified atom stereocenters. The highest BCUT2D eigenvalue weighted by molar-refractivity contribution is 6.32. The molecule has 4 heteroatoms.